The second-order valence-corrected chi connectivity index (χ2v) is 4.67. The third-order valence-corrected chi connectivity index (χ3v) is 3.29. The lowest BCUT2D eigenvalue weighted by Gasteiger charge is -2.07. The standard InChI is InChI=1S/C12H14N4O3/c17-16(18)9-1-2-10-11(5-9)19-12(15-10)14-7-8-3-4-13-6-8/h1-2,5,8,13H,3-4,6-7H2,(H,14,15). The Morgan fingerprint density at radius 1 is 1.58 bits per heavy atom. The zero-order valence-corrected chi connectivity index (χ0v) is 10.3. The number of nitrogens with zero attached hydrogens (tertiary/aromatic N) is 2. The molecule has 0 bridgehead atoms. The number of oxazole rings is 1. The zero-order chi connectivity index (χ0) is 13.2. The Morgan fingerprint density at radius 2 is 2.47 bits per heavy atom. The molecule has 2 aromatic rings. The summed E-state index contributed by atoms with van der Waals surface area (Å²) in [4.78, 5) is 14.5. The molecule has 0 amide bonds. The number of hydrogen-bond donors (Lipinski definition) is 2. The second-order valence-electron chi connectivity index (χ2n) is 4.67. The maximum atomic E-state index is 10.7. The molecule has 1 aliphatic rings. The lowest BCUT2D eigenvalue weighted by molar-refractivity contribution is -0.384. The highest BCUT2D eigenvalue weighted by Crippen LogP contribution is 2.23. The van der Waals surface area contributed by atoms with Gasteiger partial charge in [0, 0.05) is 12.6 Å². The fourth-order valence-electron chi connectivity index (χ4n) is 2.22. The minimum absolute atomic E-state index is 0.00944. The van der Waals surface area contributed by atoms with E-state index in [4.69, 9.17) is 4.42 Å². The molecule has 2 heterocycles. The molecule has 1 aromatic heterocycles. The largest absolute Gasteiger partial charge is 0.423 e. The van der Waals surface area contributed by atoms with Crippen LogP contribution in [0.5, 0.6) is 0 Å². The molecule has 0 radical (unpaired) electrons. The number of non-ortho nitro benzene ring substituents is 1. The topological polar surface area (TPSA) is 93.2 Å². The van der Waals surface area contributed by atoms with Crippen LogP contribution in [0.1, 0.15) is 6.42 Å². The number of benzene rings is 1. The zero-order valence-electron chi connectivity index (χ0n) is 10.3. The quantitative estimate of drug-likeness (QED) is 0.644. The lowest BCUT2D eigenvalue weighted by Crippen LogP contribution is -2.17. The first-order chi connectivity index (χ1) is 9.22. The number of nitro groups is 1. The Hall–Kier alpha value is -2.15. The normalized spacial score (nSPS) is 18.8. The van der Waals surface area contributed by atoms with E-state index in [1.807, 2.05) is 0 Å². The van der Waals surface area contributed by atoms with Crippen molar-refractivity contribution in [1.82, 2.24) is 10.3 Å². The molecule has 0 aliphatic carbocycles. The number of hydrogen-bond acceptors (Lipinski definition) is 6. The van der Waals surface area contributed by atoms with Crippen LogP contribution in [0.3, 0.4) is 0 Å². The lowest BCUT2D eigenvalue weighted by atomic mass is 10.1. The Balaban J connectivity index is 1.75. The molecule has 1 aromatic carbocycles. The van der Waals surface area contributed by atoms with Crippen LogP contribution >= 0.6 is 0 Å². The first kappa shape index (κ1) is 11.9. The van der Waals surface area contributed by atoms with E-state index in [0.29, 0.717) is 23.0 Å². The van der Waals surface area contributed by atoms with Crippen molar-refractivity contribution in [2.24, 2.45) is 5.92 Å². The highest BCUT2D eigenvalue weighted by molar-refractivity contribution is 5.77. The van der Waals surface area contributed by atoms with Crippen LogP contribution in [0.25, 0.3) is 11.1 Å². The van der Waals surface area contributed by atoms with Gasteiger partial charge in [-0.1, -0.05) is 0 Å². The summed E-state index contributed by atoms with van der Waals surface area (Å²) >= 11 is 0. The van der Waals surface area contributed by atoms with Crippen LogP contribution in [0.2, 0.25) is 0 Å². The Labute approximate surface area is 109 Å². The van der Waals surface area contributed by atoms with Gasteiger partial charge in [-0.3, -0.25) is 10.1 Å². The summed E-state index contributed by atoms with van der Waals surface area (Å²) < 4.78 is 5.47. The van der Waals surface area contributed by atoms with Gasteiger partial charge in [0.15, 0.2) is 5.58 Å². The number of fused-ring (bicyclic) bond motifs is 1. The number of nitro benzene ring substituents is 1. The smallest absolute Gasteiger partial charge is 0.295 e. The molecular formula is C12H14N4O3. The van der Waals surface area contributed by atoms with E-state index in [2.05, 4.69) is 15.6 Å². The maximum Gasteiger partial charge on any atom is 0.295 e. The van der Waals surface area contributed by atoms with E-state index in [1.54, 1.807) is 6.07 Å². The molecular weight excluding hydrogens is 248 g/mol. The number of aromatic nitrogens is 1. The first-order valence-corrected chi connectivity index (χ1v) is 6.22. The highest BCUT2D eigenvalue weighted by Gasteiger charge is 2.16. The predicted octanol–water partition coefficient (Wildman–Crippen LogP) is 1.76. The molecule has 1 fully saturated rings. The molecule has 19 heavy (non-hydrogen) atoms. The van der Waals surface area contributed by atoms with Gasteiger partial charge in [-0.15, -0.1) is 0 Å². The number of nitrogens with one attached hydrogen (secondary N) is 2. The van der Waals surface area contributed by atoms with Gasteiger partial charge in [-0.05, 0) is 31.5 Å². The molecule has 2 N–H and O–H groups in total. The average molecular weight is 262 g/mol. The minimum atomic E-state index is -0.445. The van der Waals surface area contributed by atoms with Crippen molar-refractivity contribution in [2.45, 2.75) is 6.42 Å². The molecule has 1 unspecified atom stereocenters. The molecule has 7 nitrogen and oxygen atoms in total. The van der Waals surface area contributed by atoms with E-state index in [-0.39, 0.29) is 5.69 Å². The van der Waals surface area contributed by atoms with Gasteiger partial charge in [0.2, 0.25) is 0 Å². The number of anilines is 1. The minimum Gasteiger partial charge on any atom is -0.423 e. The molecule has 1 aliphatic heterocycles. The summed E-state index contributed by atoms with van der Waals surface area (Å²) in [5, 5.41) is 17.1. The van der Waals surface area contributed by atoms with Gasteiger partial charge < -0.3 is 15.1 Å². The van der Waals surface area contributed by atoms with Crippen molar-refractivity contribution in [1.29, 1.82) is 0 Å². The van der Waals surface area contributed by atoms with Gasteiger partial charge >= 0.3 is 0 Å². The van der Waals surface area contributed by atoms with Gasteiger partial charge in [0.1, 0.15) is 5.52 Å². The van der Waals surface area contributed by atoms with Crippen LogP contribution in [-0.2, 0) is 0 Å². The second kappa shape index (κ2) is 4.85. The highest BCUT2D eigenvalue weighted by atomic mass is 16.6. The van der Waals surface area contributed by atoms with Gasteiger partial charge in [-0.25, -0.2) is 0 Å². The van der Waals surface area contributed by atoms with Crippen molar-refractivity contribution >= 4 is 22.8 Å². The monoisotopic (exact) mass is 262 g/mol. The van der Waals surface area contributed by atoms with Crippen LogP contribution in [0, 0.1) is 16.0 Å². The maximum absolute atomic E-state index is 10.7. The van der Waals surface area contributed by atoms with Crippen LogP contribution in [0.4, 0.5) is 11.7 Å². The van der Waals surface area contributed by atoms with E-state index in [1.165, 1.54) is 12.1 Å². The van der Waals surface area contributed by atoms with Crippen molar-refractivity contribution < 1.29 is 9.34 Å². The number of rotatable bonds is 4. The molecule has 3 rings (SSSR count). The predicted molar refractivity (Wildman–Crippen MR) is 70.1 cm³/mol. The fraction of sp³-hybridized carbons (Fsp3) is 0.417. The molecule has 7 heteroatoms. The first-order valence-electron chi connectivity index (χ1n) is 6.22. The van der Waals surface area contributed by atoms with Crippen LogP contribution < -0.4 is 10.6 Å². The molecule has 1 atom stereocenters. The van der Waals surface area contributed by atoms with Crippen molar-refractivity contribution in [2.75, 3.05) is 25.0 Å². The van der Waals surface area contributed by atoms with E-state index >= 15 is 0 Å². The van der Waals surface area contributed by atoms with Gasteiger partial charge in [0.05, 0.1) is 11.0 Å². The van der Waals surface area contributed by atoms with Crippen molar-refractivity contribution in [3.8, 4) is 0 Å². The van der Waals surface area contributed by atoms with E-state index in [9.17, 15) is 10.1 Å². The Bertz CT molecular complexity index is 604. The molecule has 1 saturated heterocycles. The molecule has 0 spiro atoms. The summed E-state index contributed by atoms with van der Waals surface area (Å²) in [6, 6.07) is 4.83. The summed E-state index contributed by atoms with van der Waals surface area (Å²) in [7, 11) is 0. The van der Waals surface area contributed by atoms with Gasteiger partial charge in [0.25, 0.3) is 11.7 Å². The third-order valence-electron chi connectivity index (χ3n) is 3.29. The summed E-state index contributed by atoms with van der Waals surface area (Å²) in [5.74, 6) is 0.573. The molecule has 100 valence electrons. The third kappa shape index (κ3) is 2.50. The van der Waals surface area contributed by atoms with E-state index < -0.39 is 4.92 Å². The van der Waals surface area contributed by atoms with Crippen molar-refractivity contribution in [3.63, 3.8) is 0 Å². The Kier molecular flexibility index (Phi) is 3.04. The van der Waals surface area contributed by atoms with Crippen molar-refractivity contribution in [3.05, 3.63) is 28.3 Å². The summed E-state index contributed by atoms with van der Waals surface area (Å²) in [6.07, 6.45) is 1.14. The fourth-order valence-corrected chi connectivity index (χ4v) is 2.22. The van der Waals surface area contributed by atoms with E-state index in [0.717, 1.165) is 26.1 Å². The summed E-state index contributed by atoms with van der Waals surface area (Å²) in [6.45, 7) is 2.84. The van der Waals surface area contributed by atoms with Crippen LogP contribution in [-0.4, -0.2) is 29.5 Å². The summed E-state index contributed by atoms with van der Waals surface area (Å²) in [5.41, 5.74) is 1.06. The van der Waals surface area contributed by atoms with Gasteiger partial charge in [-0.2, -0.15) is 4.98 Å². The Morgan fingerprint density at radius 3 is 3.21 bits per heavy atom. The SMILES string of the molecule is O=[N+]([O-])c1ccc2nc(NCC3CCNC3)oc2c1. The van der Waals surface area contributed by atoms with Crippen LogP contribution in [0.15, 0.2) is 22.6 Å². The molecule has 0 saturated carbocycles. The average Bonchev–Trinajstić information content (AvgIpc) is 3.04.